The summed E-state index contributed by atoms with van der Waals surface area (Å²) in [5.74, 6) is 1.32. The molecule has 2 heterocycles. The van der Waals surface area contributed by atoms with E-state index in [1.807, 2.05) is 26.1 Å². The molecule has 0 amide bonds. The average Bonchev–Trinajstić information content (AvgIpc) is 2.47. The van der Waals surface area contributed by atoms with Crippen LogP contribution in [0.1, 0.15) is 24.1 Å². The first-order valence-electron chi connectivity index (χ1n) is 6.86. The normalized spacial score (nSPS) is 19.9. The molecule has 110 valence electrons. The van der Waals surface area contributed by atoms with Gasteiger partial charge in [0.2, 0.25) is 0 Å². The predicted molar refractivity (Wildman–Crippen MR) is 78.3 cm³/mol. The van der Waals surface area contributed by atoms with Crippen LogP contribution < -0.4 is 10.6 Å². The third-order valence-corrected chi connectivity index (χ3v) is 3.55. The average molecular weight is 278 g/mol. The molecular formula is C14H22N4O2. The molecule has 0 bridgehead atoms. The van der Waals surface area contributed by atoms with Gasteiger partial charge in [0, 0.05) is 25.9 Å². The molecular weight excluding hydrogens is 256 g/mol. The lowest BCUT2D eigenvalue weighted by atomic mass is 10.0. The lowest BCUT2D eigenvalue weighted by Crippen LogP contribution is -2.33. The van der Waals surface area contributed by atoms with E-state index in [1.54, 1.807) is 0 Å². The van der Waals surface area contributed by atoms with Gasteiger partial charge in [-0.1, -0.05) is 5.16 Å². The number of hydrogen-bond donors (Lipinski definition) is 2. The maximum absolute atomic E-state index is 8.88. The number of nitrogens with zero attached hydrogens (tertiary/aromatic N) is 3. The molecule has 1 unspecified atom stereocenters. The maximum atomic E-state index is 8.88. The second-order valence-electron chi connectivity index (χ2n) is 5.27. The molecule has 1 saturated heterocycles. The van der Waals surface area contributed by atoms with Crippen molar-refractivity contribution in [1.29, 1.82) is 0 Å². The standard InChI is InChI=1S/C14H22N4O2/c1-10-5-6-12(13(15)17-19)14(16-10)18(2)8-11-4-3-7-20-9-11/h5-6,11,19H,3-4,7-9H2,1-2H3,(H2,15,17). The molecule has 6 heteroatoms. The Morgan fingerprint density at radius 3 is 3.05 bits per heavy atom. The summed E-state index contributed by atoms with van der Waals surface area (Å²) in [7, 11) is 1.98. The zero-order valence-corrected chi connectivity index (χ0v) is 12.0. The summed E-state index contributed by atoms with van der Waals surface area (Å²) in [5.41, 5.74) is 7.28. The molecule has 1 fully saturated rings. The third kappa shape index (κ3) is 3.39. The van der Waals surface area contributed by atoms with E-state index in [0.717, 1.165) is 44.1 Å². The highest BCUT2D eigenvalue weighted by molar-refractivity contribution is 6.01. The SMILES string of the molecule is Cc1ccc(C(N)=NO)c(N(C)CC2CCCOC2)n1. The van der Waals surface area contributed by atoms with Gasteiger partial charge in [-0.3, -0.25) is 0 Å². The van der Waals surface area contributed by atoms with Crippen LogP contribution >= 0.6 is 0 Å². The van der Waals surface area contributed by atoms with Crippen molar-refractivity contribution in [2.45, 2.75) is 19.8 Å². The van der Waals surface area contributed by atoms with Crippen molar-refractivity contribution in [2.24, 2.45) is 16.8 Å². The highest BCUT2D eigenvalue weighted by Gasteiger charge is 2.19. The number of hydrogen-bond acceptors (Lipinski definition) is 5. The molecule has 1 aliphatic heterocycles. The molecule has 1 atom stereocenters. The van der Waals surface area contributed by atoms with Crippen LogP contribution in [0, 0.1) is 12.8 Å². The summed E-state index contributed by atoms with van der Waals surface area (Å²) in [6.07, 6.45) is 2.27. The molecule has 0 saturated carbocycles. The molecule has 0 aromatic carbocycles. The number of aryl methyl sites for hydroxylation is 1. The number of amidine groups is 1. The van der Waals surface area contributed by atoms with Gasteiger partial charge in [0.15, 0.2) is 5.84 Å². The fourth-order valence-corrected chi connectivity index (χ4v) is 2.51. The van der Waals surface area contributed by atoms with Gasteiger partial charge in [0.1, 0.15) is 5.82 Å². The van der Waals surface area contributed by atoms with Gasteiger partial charge in [-0.2, -0.15) is 0 Å². The van der Waals surface area contributed by atoms with E-state index in [9.17, 15) is 0 Å². The van der Waals surface area contributed by atoms with Crippen LogP contribution in [-0.2, 0) is 4.74 Å². The topological polar surface area (TPSA) is 84.0 Å². The van der Waals surface area contributed by atoms with Gasteiger partial charge < -0.3 is 20.6 Å². The first-order valence-corrected chi connectivity index (χ1v) is 6.86. The smallest absolute Gasteiger partial charge is 0.173 e. The van der Waals surface area contributed by atoms with Crippen molar-refractivity contribution in [2.75, 3.05) is 31.7 Å². The number of aromatic nitrogens is 1. The highest BCUT2D eigenvalue weighted by atomic mass is 16.5. The van der Waals surface area contributed by atoms with Crippen molar-refractivity contribution >= 4 is 11.7 Å². The Labute approximate surface area is 119 Å². The fraction of sp³-hybridized carbons (Fsp3) is 0.571. The molecule has 0 radical (unpaired) electrons. The first-order chi connectivity index (χ1) is 9.61. The summed E-state index contributed by atoms with van der Waals surface area (Å²) in [6, 6.07) is 3.69. The Kier molecular flexibility index (Phi) is 4.79. The van der Waals surface area contributed by atoms with E-state index in [0.29, 0.717) is 11.5 Å². The van der Waals surface area contributed by atoms with Crippen LogP contribution in [-0.4, -0.2) is 42.8 Å². The van der Waals surface area contributed by atoms with Crippen LogP contribution in [0.4, 0.5) is 5.82 Å². The predicted octanol–water partition coefficient (Wildman–Crippen LogP) is 1.35. The van der Waals surface area contributed by atoms with E-state index in [2.05, 4.69) is 15.0 Å². The van der Waals surface area contributed by atoms with E-state index in [1.165, 1.54) is 0 Å². The van der Waals surface area contributed by atoms with Crippen molar-refractivity contribution in [1.82, 2.24) is 4.98 Å². The van der Waals surface area contributed by atoms with Crippen molar-refractivity contribution < 1.29 is 9.94 Å². The van der Waals surface area contributed by atoms with Crippen molar-refractivity contribution in [3.63, 3.8) is 0 Å². The zero-order chi connectivity index (χ0) is 14.5. The molecule has 2 rings (SSSR count). The minimum absolute atomic E-state index is 0.0826. The summed E-state index contributed by atoms with van der Waals surface area (Å²) >= 11 is 0. The molecule has 1 aromatic rings. The number of pyridine rings is 1. The maximum Gasteiger partial charge on any atom is 0.173 e. The summed E-state index contributed by atoms with van der Waals surface area (Å²) < 4.78 is 5.51. The Bertz CT molecular complexity index is 484. The molecule has 1 aliphatic rings. The van der Waals surface area contributed by atoms with E-state index in [-0.39, 0.29) is 5.84 Å². The summed E-state index contributed by atoms with van der Waals surface area (Å²) in [4.78, 5) is 6.58. The first kappa shape index (κ1) is 14.6. The third-order valence-electron chi connectivity index (χ3n) is 3.55. The zero-order valence-electron chi connectivity index (χ0n) is 12.0. The van der Waals surface area contributed by atoms with Crippen LogP contribution in [0.25, 0.3) is 0 Å². The minimum Gasteiger partial charge on any atom is -0.409 e. The van der Waals surface area contributed by atoms with Gasteiger partial charge in [0.05, 0.1) is 12.2 Å². The monoisotopic (exact) mass is 278 g/mol. The minimum atomic E-state index is 0.0826. The Morgan fingerprint density at radius 1 is 1.60 bits per heavy atom. The van der Waals surface area contributed by atoms with Gasteiger partial charge >= 0.3 is 0 Å². The second kappa shape index (κ2) is 6.56. The van der Waals surface area contributed by atoms with Gasteiger partial charge in [-0.25, -0.2) is 4.98 Å². The largest absolute Gasteiger partial charge is 0.409 e. The molecule has 20 heavy (non-hydrogen) atoms. The Hall–Kier alpha value is -1.82. The molecule has 1 aromatic heterocycles. The van der Waals surface area contributed by atoms with Crippen molar-refractivity contribution in [3.05, 3.63) is 23.4 Å². The molecule has 6 nitrogen and oxygen atoms in total. The van der Waals surface area contributed by atoms with E-state index in [4.69, 9.17) is 15.7 Å². The van der Waals surface area contributed by atoms with E-state index < -0.39 is 0 Å². The highest BCUT2D eigenvalue weighted by Crippen LogP contribution is 2.21. The lowest BCUT2D eigenvalue weighted by Gasteiger charge is -2.28. The molecule has 3 N–H and O–H groups in total. The number of ether oxygens (including phenoxy) is 1. The van der Waals surface area contributed by atoms with Gasteiger partial charge in [-0.15, -0.1) is 0 Å². The molecule has 0 spiro atoms. The number of anilines is 1. The number of rotatable bonds is 4. The quantitative estimate of drug-likeness (QED) is 0.376. The van der Waals surface area contributed by atoms with Crippen LogP contribution in [0.2, 0.25) is 0 Å². The van der Waals surface area contributed by atoms with Gasteiger partial charge in [-0.05, 0) is 37.8 Å². The number of nitrogens with two attached hydrogens (primary N) is 1. The van der Waals surface area contributed by atoms with Crippen LogP contribution in [0.15, 0.2) is 17.3 Å². The Balaban J connectivity index is 2.19. The fourth-order valence-electron chi connectivity index (χ4n) is 2.51. The molecule has 0 aliphatic carbocycles. The number of oxime groups is 1. The second-order valence-corrected chi connectivity index (χ2v) is 5.27. The van der Waals surface area contributed by atoms with Crippen molar-refractivity contribution in [3.8, 4) is 0 Å². The Morgan fingerprint density at radius 2 is 2.40 bits per heavy atom. The summed E-state index contributed by atoms with van der Waals surface area (Å²) in [6.45, 7) is 4.42. The van der Waals surface area contributed by atoms with Gasteiger partial charge in [0.25, 0.3) is 0 Å². The lowest BCUT2D eigenvalue weighted by molar-refractivity contribution is 0.0576. The van der Waals surface area contributed by atoms with E-state index >= 15 is 0 Å². The van der Waals surface area contributed by atoms with Crippen LogP contribution in [0.5, 0.6) is 0 Å². The van der Waals surface area contributed by atoms with Crippen LogP contribution in [0.3, 0.4) is 0 Å². The summed E-state index contributed by atoms with van der Waals surface area (Å²) in [5, 5.41) is 12.0.